The van der Waals surface area contributed by atoms with Crippen molar-refractivity contribution in [3.8, 4) is 17.6 Å². The quantitative estimate of drug-likeness (QED) is 0.665. The maximum Gasteiger partial charge on any atom is 0.134 e. The lowest BCUT2D eigenvalue weighted by molar-refractivity contribution is 0.394. The van der Waals surface area contributed by atoms with Gasteiger partial charge in [-0.2, -0.15) is 5.26 Å². The van der Waals surface area contributed by atoms with E-state index in [2.05, 4.69) is 6.07 Å². The second-order valence-corrected chi connectivity index (χ2v) is 4.96. The fourth-order valence-corrected chi connectivity index (χ4v) is 2.41. The molecule has 4 heteroatoms. The van der Waals surface area contributed by atoms with E-state index in [9.17, 15) is 5.26 Å². The smallest absolute Gasteiger partial charge is 0.134 e. The molecule has 0 radical (unpaired) electrons. The average molecular weight is 305 g/mol. The molecular formula is C19H15NO3. The average Bonchev–Trinajstić information content (AvgIpc) is 3.02. The number of allylic oxidation sites excluding steroid dienone is 1. The second-order valence-electron chi connectivity index (χ2n) is 4.96. The number of hydrogen-bond acceptors (Lipinski definition) is 4. The largest absolute Gasteiger partial charge is 0.497 e. The molecule has 0 spiro atoms. The van der Waals surface area contributed by atoms with Crippen molar-refractivity contribution in [2.75, 3.05) is 14.2 Å². The van der Waals surface area contributed by atoms with E-state index in [1.165, 1.54) is 0 Å². The maximum absolute atomic E-state index is 9.55. The molecule has 0 saturated heterocycles. The van der Waals surface area contributed by atoms with Crippen LogP contribution in [0.5, 0.6) is 11.5 Å². The van der Waals surface area contributed by atoms with Crippen LogP contribution in [-0.2, 0) is 0 Å². The summed E-state index contributed by atoms with van der Waals surface area (Å²) in [6, 6.07) is 15.3. The first-order chi connectivity index (χ1) is 11.2. The van der Waals surface area contributed by atoms with Crippen LogP contribution in [0.4, 0.5) is 0 Å². The molecule has 23 heavy (non-hydrogen) atoms. The van der Waals surface area contributed by atoms with Gasteiger partial charge in [0.05, 0.1) is 32.1 Å². The van der Waals surface area contributed by atoms with Crippen LogP contribution in [-0.4, -0.2) is 14.2 Å². The summed E-state index contributed by atoms with van der Waals surface area (Å²) in [6.45, 7) is 0. The summed E-state index contributed by atoms with van der Waals surface area (Å²) in [4.78, 5) is 0. The van der Waals surface area contributed by atoms with Crippen LogP contribution < -0.4 is 9.47 Å². The van der Waals surface area contributed by atoms with Crippen LogP contribution in [0.1, 0.15) is 11.1 Å². The number of furan rings is 1. The summed E-state index contributed by atoms with van der Waals surface area (Å²) in [7, 11) is 3.16. The van der Waals surface area contributed by atoms with E-state index in [1.54, 1.807) is 44.8 Å². The van der Waals surface area contributed by atoms with E-state index in [-0.39, 0.29) is 0 Å². The van der Waals surface area contributed by atoms with Gasteiger partial charge >= 0.3 is 0 Å². The van der Waals surface area contributed by atoms with E-state index in [1.807, 2.05) is 24.3 Å². The van der Waals surface area contributed by atoms with Gasteiger partial charge in [0.1, 0.15) is 17.1 Å². The fourth-order valence-electron chi connectivity index (χ4n) is 2.41. The van der Waals surface area contributed by atoms with E-state index in [4.69, 9.17) is 13.9 Å². The van der Waals surface area contributed by atoms with Gasteiger partial charge in [-0.25, -0.2) is 0 Å². The molecule has 3 aromatic rings. The molecule has 0 N–H and O–H groups in total. The highest BCUT2D eigenvalue weighted by Crippen LogP contribution is 2.30. The molecule has 0 bridgehead atoms. The molecule has 0 saturated carbocycles. The van der Waals surface area contributed by atoms with Gasteiger partial charge in [-0.05, 0) is 29.8 Å². The van der Waals surface area contributed by atoms with Crippen molar-refractivity contribution in [1.29, 1.82) is 5.26 Å². The van der Waals surface area contributed by atoms with Crippen molar-refractivity contribution in [3.63, 3.8) is 0 Å². The lowest BCUT2D eigenvalue weighted by Gasteiger charge is -2.07. The zero-order valence-corrected chi connectivity index (χ0v) is 12.9. The van der Waals surface area contributed by atoms with E-state index in [0.717, 1.165) is 22.1 Å². The monoisotopic (exact) mass is 305 g/mol. The molecule has 0 unspecified atom stereocenters. The first kappa shape index (κ1) is 14.7. The Bertz CT molecular complexity index is 894. The Balaban J connectivity index is 2.11. The Morgan fingerprint density at radius 3 is 2.43 bits per heavy atom. The molecule has 0 aliphatic carbocycles. The molecule has 0 amide bonds. The van der Waals surface area contributed by atoms with Crippen LogP contribution in [0, 0.1) is 11.3 Å². The third-order valence-corrected chi connectivity index (χ3v) is 3.59. The number of para-hydroxylation sites is 1. The standard InChI is InChI=1S/C19H15NO3/c1-21-16-8-13(9-17(10-16)22-2)14(11-20)7-15-12-23-19-6-4-3-5-18(15)19/h3-10,12H,1-2H3/b14-7+. The van der Waals surface area contributed by atoms with Crippen LogP contribution in [0.3, 0.4) is 0 Å². The van der Waals surface area contributed by atoms with Gasteiger partial charge in [0, 0.05) is 17.0 Å². The number of nitriles is 1. The lowest BCUT2D eigenvalue weighted by atomic mass is 10.0. The Kier molecular flexibility index (Phi) is 4.03. The minimum atomic E-state index is 0.508. The van der Waals surface area contributed by atoms with Crippen molar-refractivity contribution in [2.45, 2.75) is 0 Å². The number of fused-ring (bicyclic) bond motifs is 1. The molecule has 0 fully saturated rings. The summed E-state index contributed by atoms with van der Waals surface area (Å²) in [6.07, 6.45) is 3.46. The lowest BCUT2D eigenvalue weighted by Crippen LogP contribution is -1.90. The Hall–Kier alpha value is -3.19. The predicted octanol–water partition coefficient (Wildman–Crippen LogP) is 4.51. The number of nitrogens with zero attached hydrogens (tertiary/aromatic N) is 1. The van der Waals surface area contributed by atoms with Crippen LogP contribution >= 0.6 is 0 Å². The number of benzene rings is 2. The third kappa shape index (κ3) is 2.90. The minimum Gasteiger partial charge on any atom is -0.497 e. The number of hydrogen-bond donors (Lipinski definition) is 0. The first-order valence-corrected chi connectivity index (χ1v) is 7.06. The van der Waals surface area contributed by atoms with E-state index >= 15 is 0 Å². The maximum atomic E-state index is 9.55. The first-order valence-electron chi connectivity index (χ1n) is 7.06. The molecule has 3 rings (SSSR count). The summed E-state index contributed by atoms with van der Waals surface area (Å²) in [5.41, 5.74) is 2.89. The highest BCUT2D eigenvalue weighted by molar-refractivity contribution is 5.97. The van der Waals surface area contributed by atoms with Crippen molar-refractivity contribution in [2.24, 2.45) is 0 Å². The van der Waals surface area contributed by atoms with Crippen molar-refractivity contribution in [3.05, 3.63) is 59.9 Å². The molecule has 1 heterocycles. The molecule has 0 atom stereocenters. The third-order valence-electron chi connectivity index (χ3n) is 3.59. The molecule has 0 aliphatic rings. The summed E-state index contributed by atoms with van der Waals surface area (Å²) in [5, 5.41) is 10.5. The molecule has 0 aliphatic heterocycles. The molecule has 1 aromatic heterocycles. The molecule has 2 aromatic carbocycles. The number of methoxy groups -OCH3 is 2. The summed E-state index contributed by atoms with van der Waals surface area (Å²) in [5.74, 6) is 1.27. The van der Waals surface area contributed by atoms with Gasteiger partial charge < -0.3 is 13.9 Å². The van der Waals surface area contributed by atoms with Crippen molar-refractivity contribution < 1.29 is 13.9 Å². The Labute approximate surface area is 134 Å². The normalized spacial score (nSPS) is 11.3. The van der Waals surface area contributed by atoms with Gasteiger partial charge in [0.25, 0.3) is 0 Å². The highest BCUT2D eigenvalue weighted by atomic mass is 16.5. The van der Waals surface area contributed by atoms with Crippen LogP contribution in [0.2, 0.25) is 0 Å². The van der Waals surface area contributed by atoms with Gasteiger partial charge in [0.15, 0.2) is 0 Å². The number of ether oxygens (including phenoxy) is 2. The molecule has 114 valence electrons. The Morgan fingerprint density at radius 1 is 1.09 bits per heavy atom. The SMILES string of the molecule is COc1cc(OC)cc(/C(C#N)=C/c2coc3ccccc23)c1. The van der Waals surface area contributed by atoms with E-state index < -0.39 is 0 Å². The van der Waals surface area contributed by atoms with Crippen molar-refractivity contribution >= 4 is 22.6 Å². The molecule has 4 nitrogen and oxygen atoms in total. The molecular weight excluding hydrogens is 290 g/mol. The zero-order chi connectivity index (χ0) is 16.2. The van der Waals surface area contributed by atoms with Crippen LogP contribution in [0.15, 0.2) is 53.1 Å². The van der Waals surface area contributed by atoms with E-state index in [0.29, 0.717) is 17.1 Å². The van der Waals surface area contributed by atoms with Gasteiger partial charge in [-0.15, -0.1) is 0 Å². The zero-order valence-electron chi connectivity index (χ0n) is 12.9. The summed E-state index contributed by atoms with van der Waals surface area (Å²) >= 11 is 0. The second kappa shape index (κ2) is 6.29. The Morgan fingerprint density at radius 2 is 1.78 bits per heavy atom. The minimum absolute atomic E-state index is 0.508. The fraction of sp³-hybridized carbons (Fsp3) is 0.105. The van der Waals surface area contributed by atoms with Crippen molar-refractivity contribution in [1.82, 2.24) is 0 Å². The van der Waals surface area contributed by atoms with Gasteiger partial charge in [-0.1, -0.05) is 18.2 Å². The highest BCUT2D eigenvalue weighted by Gasteiger charge is 2.09. The van der Waals surface area contributed by atoms with Gasteiger partial charge in [0.2, 0.25) is 0 Å². The summed E-state index contributed by atoms with van der Waals surface area (Å²) < 4.78 is 16.0. The topological polar surface area (TPSA) is 55.4 Å². The van der Waals surface area contributed by atoms with Gasteiger partial charge in [-0.3, -0.25) is 0 Å². The van der Waals surface area contributed by atoms with Crippen LogP contribution in [0.25, 0.3) is 22.6 Å². The number of rotatable bonds is 4. The predicted molar refractivity (Wildman–Crippen MR) is 89.2 cm³/mol.